The van der Waals surface area contributed by atoms with Crippen molar-refractivity contribution in [1.82, 2.24) is 4.90 Å². The Morgan fingerprint density at radius 3 is 2.69 bits per heavy atom. The van der Waals surface area contributed by atoms with Gasteiger partial charge in [0.2, 0.25) is 0 Å². The minimum Gasteiger partial charge on any atom is -0.481 e. The number of hydrogen-bond donors (Lipinski definition) is 1. The molecule has 2 saturated heterocycles. The zero-order valence-electron chi connectivity index (χ0n) is 10.5. The molecule has 0 spiro atoms. The second-order valence-corrected chi connectivity index (χ2v) is 5.88. The van der Waals surface area contributed by atoms with Gasteiger partial charge in [-0.3, -0.25) is 4.79 Å². The number of fused-ring (bicyclic) bond motifs is 2. The fourth-order valence-corrected chi connectivity index (χ4v) is 4.04. The first-order valence-electron chi connectivity index (χ1n) is 6.44. The second-order valence-electron chi connectivity index (χ2n) is 5.88. The Labute approximate surface area is 97.8 Å². The standard InChI is InChI=1S/C13H23NO2/c1-8(2)13-9(7-12(15)16)6-10-4-5-11(13)14(10)3/h8-11,13H,4-7H2,1-3H3,(H,15,16). The van der Waals surface area contributed by atoms with Crippen molar-refractivity contribution in [3.63, 3.8) is 0 Å². The lowest BCUT2D eigenvalue weighted by Crippen LogP contribution is -2.48. The van der Waals surface area contributed by atoms with E-state index in [9.17, 15) is 4.79 Å². The summed E-state index contributed by atoms with van der Waals surface area (Å²) in [6.07, 6.45) is 3.98. The fourth-order valence-electron chi connectivity index (χ4n) is 4.04. The number of aliphatic carboxylic acids is 1. The predicted molar refractivity (Wildman–Crippen MR) is 63.3 cm³/mol. The van der Waals surface area contributed by atoms with E-state index < -0.39 is 5.97 Å². The highest BCUT2D eigenvalue weighted by Gasteiger charge is 2.46. The molecule has 0 aliphatic carbocycles. The number of nitrogens with zero attached hydrogens (tertiary/aromatic N) is 1. The van der Waals surface area contributed by atoms with Crippen LogP contribution in [0.5, 0.6) is 0 Å². The van der Waals surface area contributed by atoms with E-state index in [1.807, 2.05) is 0 Å². The Bertz CT molecular complexity index is 277. The van der Waals surface area contributed by atoms with Crippen molar-refractivity contribution in [2.24, 2.45) is 17.8 Å². The molecule has 92 valence electrons. The van der Waals surface area contributed by atoms with Crippen LogP contribution < -0.4 is 0 Å². The highest BCUT2D eigenvalue weighted by atomic mass is 16.4. The number of carboxylic acids is 1. The largest absolute Gasteiger partial charge is 0.481 e. The molecule has 0 aromatic carbocycles. The molecule has 0 radical (unpaired) electrons. The zero-order valence-corrected chi connectivity index (χ0v) is 10.5. The molecule has 4 atom stereocenters. The van der Waals surface area contributed by atoms with Crippen molar-refractivity contribution < 1.29 is 9.90 Å². The smallest absolute Gasteiger partial charge is 0.303 e. The molecule has 2 fully saturated rings. The summed E-state index contributed by atoms with van der Waals surface area (Å²) in [5.74, 6) is 0.932. The summed E-state index contributed by atoms with van der Waals surface area (Å²) in [4.78, 5) is 13.4. The van der Waals surface area contributed by atoms with Gasteiger partial charge in [-0.2, -0.15) is 0 Å². The van der Waals surface area contributed by atoms with Crippen molar-refractivity contribution >= 4 is 5.97 Å². The molecule has 0 saturated carbocycles. The van der Waals surface area contributed by atoms with Gasteiger partial charge in [0.25, 0.3) is 0 Å². The van der Waals surface area contributed by atoms with Crippen LogP contribution in [-0.2, 0) is 4.79 Å². The van der Waals surface area contributed by atoms with Crippen molar-refractivity contribution in [1.29, 1.82) is 0 Å². The summed E-state index contributed by atoms with van der Waals surface area (Å²) in [7, 11) is 2.22. The Hall–Kier alpha value is -0.570. The number of carbonyl (C=O) groups is 1. The number of rotatable bonds is 3. The van der Waals surface area contributed by atoms with E-state index in [1.165, 1.54) is 12.8 Å². The molecule has 2 aliphatic heterocycles. The van der Waals surface area contributed by atoms with Gasteiger partial charge in [-0.15, -0.1) is 0 Å². The second kappa shape index (κ2) is 4.36. The molecule has 2 rings (SSSR count). The Morgan fingerprint density at radius 1 is 1.44 bits per heavy atom. The van der Waals surface area contributed by atoms with E-state index in [1.54, 1.807) is 0 Å². The molecule has 2 heterocycles. The van der Waals surface area contributed by atoms with Gasteiger partial charge >= 0.3 is 5.97 Å². The number of piperidine rings is 1. The van der Waals surface area contributed by atoms with Gasteiger partial charge in [-0.1, -0.05) is 13.8 Å². The van der Waals surface area contributed by atoms with Crippen LogP contribution in [0.15, 0.2) is 0 Å². The average Bonchev–Trinajstić information content (AvgIpc) is 2.44. The van der Waals surface area contributed by atoms with Gasteiger partial charge in [-0.25, -0.2) is 0 Å². The first-order valence-corrected chi connectivity index (χ1v) is 6.44. The third-order valence-corrected chi connectivity index (χ3v) is 4.66. The monoisotopic (exact) mass is 225 g/mol. The normalized spacial score (nSPS) is 39.2. The van der Waals surface area contributed by atoms with E-state index in [-0.39, 0.29) is 0 Å². The lowest BCUT2D eigenvalue weighted by Gasteiger charge is -2.44. The molecule has 2 bridgehead atoms. The Balaban J connectivity index is 2.16. The van der Waals surface area contributed by atoms with E-state index in [2.05, 4.69) is 25.8 Å². The van der Waals surface area contributed by atoms with Crippen LogP contribution in [0.4, 0.5) is 0 Å². The summed E-state index contributed by atoms with van der Waals surface area (Å²) in [5.41, 5.74) is 0. The summed E-state index contributed by atoms with van der Waals surface area (Å²) in [5, 5.41) is 9.01. The van der Waals surface area contributed by atoms with Gasteiger partial charge in [0.1, 0.15) is 0 Å². The van der Waals surface area contributed by atoms with Crippen molar-refractivity contribution in [2.75, 3.05) is 7.05 Å². The van der Waals surface area contributed by atoms with Crippen LogP contribution in [0.25, 0.3) is 0 Å². The molecule has 3 heteroatoms. The average molecular weight is 225 g/mol. The van der Waals surface area contributed by atoms with E-state index in [0.717, 1.165) is 6.42 Å². The maximum Gasteiger partial charge on any atom is 0.303 e. The maximum atomic E-state index is 10.9. The molecule has 1 N–H and O–H groups in total. The molecule has 2 aliphatic rings. The van der Waals surface area contributed by atoms with Gasteiger partial charge in [0, 0.05) is 18.5 Å². The first kappa shape index (κ1) is 11.9. The molecular weight excluding hydrogens is 202 g/mol. The SMILES string of the molecule is CC(C)C1C(CC(=O)O)CC2CCC1N2C. The van der Waals surface area contributed by atoms with Crippen LogP contribution in [-0.4, -0.2) is 35.1 Å². The molecule has 4 unspecified atom stereocenters. The summed E-state index contributed by atoms with van der Waals surface area (Å²) < 4.78 is 0. The van der Waals surface area contributed by atoms with Crippen LogP contribution in [0.1, 0.15) is 39.5 Å². The summed E-state index contributed by atoms with van der Waals surface area (Å²) in [6, 6.07) is 1.27. The van der Waals surface area contributed by atoms with Gasteiger partial charge in [0.05, 0.1) is 0 Å². The minimum absolute atomic E-state index is 0.365. The quantitative estimate of drug-likeness (QED) is 0.800. The topological polar surface area (TPSA) is 40.5 Å². The maximum absolute atomic E-state index is 10.9. The number of hydrogen-bond acceptors (Lipinski definition) is 2. The van der Waals surface area contributed by atoms with E-state index in [0.29, 0.717) is 36.3 Å². The third-order valence-electron chi connectivity index (χ3n) is 4.66. The minimum atomic E-state index is -0.625. The third kappa shape index (κ3) is 1.97. The van der Waals surface area contributed by atoms with Gasteiger partial charge in [-0.05, 0) is 44.1 Å². The Morgan fingerprint density at radius 2 is 2.12 bits per heavy atom. The highest BCUT2D eigenvalue weighted by molar-refractivity contribution is 5.67. The lowest BCUT2D eigenvalue weighted by molar-refractivity contribution is -0.139. The van der Waals surface area contributed by atoms with Gasteiger partial charge < -0.3 is 10.0 Å². The predicted octanol–water partition coefficient (Wildman–Crippen LogP) is 2.22. The highest BCUT2D eigenvalue weighted by Crippen LogP contribution is 2.45. The van der Waals surface area contributed by atoms with Crippen molar-refractivity contribution in [3.8, 4) is 0 Å². The summed E-state index contributed by atoms with van der Waals surface area (Å²) >= 11 is 0. The first-order chi connectivity index (χ1) is 7.50. The lowest BCUT2D eigenvalue weighted by atomic mass is 9.72. The molecular formula is C13H23NO2. The van der Waals surface area contributed by atoms with Gasteiger partial charge in [0.15, 0.2) is 0 Å². The molecule has 3 nitrogen and oxygen atoms in total. The van der Waals surface area contributed by atoms with Crippen molar-refractivity contribution in [3.05, 3.63) is 0 Å². The zero-order chi connectivity index (χ0) is 11.9. The van der Waals surface area contributed by atoms with Crippen LogP contribution >= 0.6 is 0 Å². The Kier molecular flexibility index (Phi) is 3.24. The molecule has 16 heavy (non-hydrogen) atoms. The molecule has 0 aromatic rings. The molecule has 0 aromatic heterocycles. The van der Waals surface area contributed by atoms with Crippen LogP contribution in [0.3, 0.4) is 0 Å². The van der Waals surface area contributed by atoms with E-state index in [4.69, 9.17) is 5.11 Å². The van der Waals surface area contributed by atoms with Crippen LogP contribution in [0, 0.1) is 17.8 Å². The fraction of sp³-hybridized carbons (Fsp3) is 0.923. The van der Waals surface area contributed by atoms with Crippen LogP contribution in [0.2, 0.25) is 0 Å². The number of carboxylic acid groups (broad SMARTS) is 1. The molecule has 0 amide bonds. The summed E-state index contributed by atoms with van der Waals surface area (Å²) in [6.45, 7) is 4.48. The van der Waals surface area contributed by atoms with E-state index >= 15 is 0 Å². The van der Waals surface area contributed by atoms with Crippen molar-refractivity contribution in [2.45, 2.75) is 51.6 Å².